The number of benzene rings is 3. The zero-order chi connectivity index (χ0) is 26.1. The van der Waals surface area contributed by atoms with Gasteiger partial charge in [-0.25, -0.2) is 4.39 Å². The van der Waals surface area contributed by atoms with Gasteiger partial charge in [0, 0.05) is 11.4 Å². The average Bonchev–Trinajstić information content (AvgIpc) is 2.88. The third kappa shape index (κ3) is 6.98. The molecule has 3 aromatic rings. The van der Waals surface area contributed by atoms with E-state index in [4.69, 9.17) is 25.8 Å². The lowest BCUT2D eigenvalue weighted by molar-refractivity contribution is -0.118. The second-order valence-corrected chi connectivity index (χ2v) is 7.64. The molecule has 0 unspecified atom stereocenters. The van der Waals surface area contributed by atoms with Gasteiger partial charge in [-0.3, -0.25) is 9.59 Å². The minimum atomic E-state index is -0.685. The van der Waals surface area contributed by atoms with E-state index in [1.165, 1.54) is 49.6 Å². The predicted molar refractivity (Wildman–Crippen MR) is 134 cm³/mol. The molecule has 8 nitrogen and oxygen atoms in total. The zero-order valence-electron chi connectivity index (χ0n) is 19.3. The lowest BCUT2D eigenvalue weighted by atomic mass is 10.1. The number of halogens is 2. The van der Waals surface area contributed by atoms with Crippen LogP contribution in [0.3, 0.4) is 0 Å². The molecule has 2 N–H and O–H groups in total. The van der Waals surface area contributed by atoms with Gasteiger partial charge in [0.1, 0.15) is 23.2 Å². The van der Waals surface area contributed by atoms with Crippen LogP contribution in [0.15, 0.2) is 66.2 Å². The summed E-state index contributed by atoms with van der Waals surface area (Å²) >= 11 is 6.34. The summed E-state index contributed by atoms with van der Waals surface area (Å²) in [6.45, 7) is -0.346. The number of nitriles is 1. The van der Waals surface area contributed by atoms with Crippen molar-refractivity contribution in [1.29, 1.82) is 5.26 Å². The largest absolute Gasteiger partial charge is 0.497 e. The van der Waals surface area contributed by atoms with Crippen LogP contribution in [0.1, 0.15) is 5.56 Å². The van der Waals surface area contributed by atoms with Gasteiger partial charge in [0.25, 0.3) is 11.8 Å². The Bertz CT molecular complexity index is 1320. The quantitative estimate of drug-likeness (QED) is 0.308. The summed E-state index contributed by atoms with van der Waals surface area (Å²) in [6, 6.07) is 16.7. The smallest absolute Gasteiger partial charge is 0.266 e. The van der Waals surface area contributed by atoms with E-state index in [2.05, 4.69) is 10.6 Å². The molecule has 3 aromatic carbocycles. The lowest BCUT2D eigenvalue weighted by Crippen LogP contribution is -2.20. The molecule has 0 atom stereocenters. The molecule has 0 fully saturated rings. The fraction of sp³-hybridized carbons (Fsp3) is 0.115. The minimum Gasteiger partial charge on any atom is -0.497 e. The fourth-order valence-corrected chi connectivity index (χ4v) is 3.29. The maximum atomic E-state index is 13.1. The number of rotatable bonds is 9. The molecule has 10 heteroatoms. The van der Waals surface area contributed by atoms with Gasteiger partial charge in [-0.2, -0.15) is 5.26 Å². The number of hydrogen-bond acceptors (Lipinski definition) is 6. The summed E-state index contributed by atoms with van der Waals surface area (Å²) in [5.41, 5.74) is 1.06. The molecule has 0 spiro atoms. The first-order valence-electron chi connectivity index (χ1n) is 10.5. The Labute approximate surface area is 211 Å². The lowest BCUT2D eigenvalue weighted by Gasteiger charge is -2.14. The van der Waals surface area contributed by atoms with Gasteiger partial charge in [0.05, 0.1) is 19.2 Å². The standard InChI is InChI=1S/C26H21ClFN3O5/c1-34-21-9-7-19(8-10-21)30-24(32)15-36-25-22(27)12-16(13-23(25)35-2)11-17(14-29)26(33)31-20-5-3-18(28)4-6-20/h3-13H,15H2,1-2H3,(H,30,32)(H,31,33)/b17-11+. The highest BCUT2D eigenvalue weighted by molar-refractivity contribution is 6.32. The van der Waals surface area contributed by atoms with Gasteiger partial charge in [0.2, 0.25) is 0 Å². The third-order valence-corrected chi connectivity index (χ3v) is 5.03. The number of hydrogen-bond donors (Lipinski definition) is 2. The highest BCUT2D eigenvalue weighted by Crippen LogP contribution is 2.37. The van der Waals surface area contributed by atoms with Crippen molar-refractivity contribution in [2.45, 2.75) is 0 Å². The average molecular weight is 510 g/mol. The maximum absolute atomic E-state index is 13.1. The van der Waals surface area contributed by atoms with E-state index in [0.717, 1.165) is 0 Å². The highest BCUT2D eigenvalue weighted by Gasteiger charge is 2.16. The summed E-state index contributed by atoms with van der Waals surface area (Å²) in [6.07, 6.45) is 1.31. The van der Waals surface area contributed by atoms with Crippen LogP contribution in [-0.2, 0) is 9.59 Å². The van der Waals surface area contributed by atoms with E-state index in [1.807, 2.05) is 6.07 Å². The summed E-state index contributed by atoms with van der Waals surface area (Å²) in [5.74, 6) is -0.590. The molecule has 2 amide bonds. The van der Waals surface area contributed by atoms with Crippen LogP contribution in [0, 0.1) is 17.1 Å². The first kappa shape index (κ1) is 26.1. The molecule has 0 saturated carbocycles. The topological polar surface area (TPSA) is 110 Å². The van der Waals surface area contributed by atoms with Crippen molar-refractivity contribution in [2.75, 3.05) is 31.5 Å². The normalized spacial score (nSPS) is 10.7. The number of amides is 2. The SMILES string of the molecule is COc1ccc(NC(=O)COc2c(Cl)cc(/C=C(\C#N)C(=O)Nc3ccc(F)cc3)cc2OC)cc1. The molecular formula is C26H21ClFN3O5. The van der Waals surface area contributed by atoms with Gasteiger partial charge >= 0.3 is 0 Å². The second-order valence-electron chi connectivity index (χ2n) is 7.23. The number of methoxy groups -OCH3 is 2. The van der Waals surface area contributed by atoms with E-state index in [0.29, 0.717) is 22.7 Å². The summed E-state index contributed by atoms with van der Waals surface area (Å²) in [5, 5.41) is 14.8. The van der Waals surface area contributed by atoms with Crippen LogP contribution in [0.2, 0.25) is 5.02 Å². The summed E-state index contributed by atoms with van der Waals surface area (Å²) in [7, 11) is 2.93. The molecule has 0 aliphatic rings. The van der Waals surface area contributed by atoms with Gasteiger partial charge in [-0.1, -0.05) is 11.6 Å². The molecule has 0 aliphatic heterocycles. The van der Waals surface area contributed by atoms with Crippen LogP contribution in [0.25, 0.3) is 6.08 Å². The van der Waals surface area contributed by atoms with Crippen molar-refractivity contribution in [3.63, 3.8) is 0 Å². The van der Waals surface area contributed by atoms with Crippen LogP contribution in [-0.4, -0.2) is 32.6 Å². The molecule has 0 radical (unpaired) electrons. The van der Waals surface area contributed by atoms with Crippen LogP contribution in [0.4, 0.5) is 15.8 Å². The van der Waals surface area contributed by atoms with Crippen molar-refractivity contribution in [2.24, 2.45) is 0 Å². The molecule has 0 aromatic heterocycles. The van der Waals surface area contributed by atoms with E-state index in [1.54, 1.807) is 31.4 Å². The van der Waals surface area contributed by atoms with Gasteiger partial charge in [-0.15, -0.1) is 0 Å². The first-order valence-corrected chi connectivity index (χ1v) is 10.8. The highest BCUT2D eigenvalue weighted by atomic mass is 35.5. The Balaban J connectivity index is 1.71. The number of carbonyl (C=O) groups is 2. The van der Waals surface area contributed by atoms with Gasteiger partial charge < -0.3 is 24.8 Å². The molecule has 0 bridgehead atoms. The van der Waals surface area contributed by atoms with E-state index in [-0.39, 0.29) is 28.7 Å². The fourth-order valence-electron chi connectivity index (χ4n) is 3.02. The summed E-state index contributed by atoms with van der Waals surface area (Å²) < 4.78 is 29.0. The molecule has 3 rings (SSSR count). The number of nitrogens with zero attached hydrogens (tertiary/aromatic N) is 1. The molecule has 184 valence electrons. The third-order valence-electron chi connectivity index (χ3n) is 4.75. The second kappa shape index (κ2) is 12.2. The van der Waals surface area contributed by atoms with Crippen LogP contribution >= 0.6 is 11.6 Å². The number of nitrogens with one attached hydrogen (secondary N) is 2. The Morgan fingerprint density at radius 1 is 1.00 bits per heavy atom. The predicted octanol–water partition coefficient (Wildman–Crippen LogP) is 5.06. The Morgan fingerprint density at radius 2 is 1.64 bits per heavy atom. The Kier molecular flexibility index (Phi) is 8.86. The maximum Gasteiger partial charge on any atom is 0.266 e. The molecule has 0 heterocycles. The van der Waals surface area contributed by atoms with E-state index < -0.39 is 17.6 Å². The monoisotopic (exact) mass is 509 g/mol. The first-order chi connectivity index (χ1) is 17.3. The van der Waals surface area contributed by atoms with Crippen molar-refractivity contribution in [3.05, 3.63) is 82.6 Å². The molecule has 0 aliphatic carbocycles. The van der Waals surface area contributed by atoms with Gasteiger partial charge in [-0.05, 0) is 72.3 Å². The molecule has 36 heavy (non-hydrogen) atoms. The van der Waals surface area contributed by atoms with Crippen LogP contribution in [0.5, 0.6) is 17.2 Å². The number of carbonyl (C=O) groups excluding carboxylic acids is 2. The number of anilines is 2. The zero-order valence-corrected chi connectivity index (χ0v) is 20.1. The Morgan fingerprint density at radius 3 is 2.25 bits per heavy atom. The molecular weight excluding hydrogens is 489 g/mol. The van der Waals surface area contributed by atoms with Crippen molar-refractivity contribution in [3.8, 4) is 23.3 Å². The Hall–Kier alpha value is -4.55. The van der Waals surface area contributed by atoms with E-state index >= 15 is 0 Å². The molecule has 0 saturated heterocycles. The van der Waals surface area contributed by atoms with Crippen LogP contribution < -0.4 is 24.8 Å². The van der Waals surface area contributed by atoms with Crippen molar-refractivity contribution < 1.29 is 28.2 Å². The van der Waals surface area contributed by atoms with E-state index in [9.17, 15) is 19.2 Å². The number of ether oxygens (including phenoxy) is 3. The minimum absolute atomic E-state index is 0.106. The van der Waals surface area contributed by atoms with Gasteiger partial charge in [0.15, 0.2) is 18.1 Å². The summed E-state index contributed by atoms with van der Waals surface area (Å²) in [4.78, 5) is 24.8. The van der Waals surface area contributed by atoms with Crippen molar-refractivity contribution >= 4 is 40.9 Å². The van der Waals surface area contributed by atoms with Crippen molar-refractivity contribution in [1.82, 2.24) is 0 Å².